The SMILES string of the molecule is CNC1CCC(Cc2ccccc2Cl)C1C. The first-order valence-corrected chi connectivity index (χ1v) is 6.51. The smallest absolute Gasteiger partial charge is 0.0438 e. The summed E-state index contributed by atoms with van der Waals surface area (Å²) in [5.41, 5.74) is 1.30. The van der Waals surface area contributed by atoms with Gasteiger partial charge in [-0.3, -0.25) is 0 Å². The molecule has 2 heteroatoms. The summed E-state index contributed by atoms with van der Waals surface area (Å²) in [6, 6.07) is 8.91. The second-order valence-electron chi connectivity index (χ2n) is 4.89. The summed E-state index contributed by atoms with van der Waals surface area (Å²) in [7, 11) is 2.07. The van der Waals surface area contributed by atoms with Crippen LogP contribution in [0.1, 0.15) is 25.3 Å². The monoisotopic (exact) mass is 237 g/mol. The molecule has 2 rings (SSSR count). The quantitative estimate of drug-likeness (QED) is 0.848. The van der Waals surface area contributed by atoms with E-state index in [9.17, 15) is 0 Å². The summed E-state index contributed by atoms with van der Waals surface area (Å²) >= 11 is 6.21. The van der Waals surface area contributed by atoms with Gasteiger partial charge in [0.15, 0.2) is 0 Å². The van der Waals surface area contributed by atoms with Gasteiger partial charge in [0.1, 0.15) is 0 Å². The Labute approximate surface area is 103 Å². The molecule has 0 bridgehead atoms. The minimum Gasteiger partial charge on any atom is -0.317 e. The predicted octanol–water partition coefficient (Wildman–Crippen LogP) is 3.52. The lowest BCUT2D eigenvalue weighted by atomic mass is 9.89. The highest BCUT2D eigenvalue weighted by atomic mass is 35.5. The van der Waals surface area contributed by atoms with Gasteiger partial charge in [0.2, 0.25) is 0 Å². The molecular weight excluding hydrogens is 218 g/mol. The maximum atomic E-state index is 6.21. The van der Waals surface area contributed by atoms with Crippen LogP contribution in [0.15, 0.2) is 24.3 Å². The van der Waals surface area contributed by atoms with Crippen LogP contribution in [0.2, 0.25) is 5.02 Å². The molecule has 0 heterocycles. The van der Waals surface area contributed by atoms with Crippen LogP contribution < -0.4 is 5.32 Å². The van der Waals surface area contributed by atoms with Crippen molar-refractivity contribution in [1.82, 2.24) is 5.32 Å². The highest BCUT2D eigenvalue weighted by Crippen LogP contribution is 2.35. The molecule has 16 heavy (non-hydrogen) atoms. The van der Waals surface area contributed by atoms with Crippen molar-refractivity contribution in [2.75, 3.05) is 7.05 Å². The highest BCUT2D eigenvalue weighted by Gasteiger charge is 2.31. The maximum Gasteiger partial charge on any atom is 0.0438 e. The average Bonchev–Trinajstić information content (AvgIpc) is 2.63. The van der Waals surface area contributed by atoms with Gasteiger partial charge in [0.25, 0.3) is 0 Å². The van der Waals surface area contributed by atoms with Gasteiger partial charge in [-0.2, -0.15) is 0 Å². The van der Waals surface area contributed by atoms with Crippen LogP contribution in [0.5, 0.6) is 0 Å². The summed E-state index contributed by atoms with van der Waals surface area (Å²) in [5, 5.41) is 4.33. The Morgan fingerprint density at radius 2 is 2.06 bits per heavy atom. The van der Waals surface area contributed by atoms with Crippen molar-refractivity contribution in [3.63, 3.8) is 0 Å². The molecule has 1 aliphatic carbocycles. The average molecular weight is 238 g/mol. The molecule has 1 aromatic rings. The van der Waals surface area contributed by atoms with Crippen LogP contribution >= 0.6 is 11.6 Å². The minimum atomic E-state index is 0.687. The maximum absolute atomic E-state index is 6.21. The van der Waals surface area contributed by atoms with Gasteiger partial charge in [0.05, 0.1) is 0 Å². The number of halogens is 1. The molecule has 1 aromatic carbocycles. The van der Waals surface area contributed by atoms with Crippen molar-refractivity contribution >= 4 is 11.6 Å². The molecule has 0 radical (unpaired) electrons. The molecule has 1 nitrogen and oxygen atoms in total. The number of hydrogen-bond acceptors (Lipinski definition) is 1. The topological polar surface area (TPSA) is 12.0 Å². The van der Waals surface area contributed by atoms with Gasteiger partial charge in [-0.1, -0.05) is 36.7 Å². The molecule has 0 saturated heterocycles. The molecule has 1 saturated carbocycles. The van der Waals surface area contributed by atoms with Gasteiger partial charge in [-0.15, -0.1) is 0 Å². The van der Waals surface area contributed by atoms with Crippen LogP contribution in [-0.2, 0) is 6.42 Å². The Balaban J connectivity index is 2.04. The fourth-order valence-corrected chi connectivity index (χ4v) is 3.10. The molecule has 0 spiro atoms. The third-order valence-corrected chi connectivity index (χ3v) is 4.41. The Kier molecular flexibility index (Phi) is 3.88. The van der Waals surface area contributed by atoms with Gasteiger partial charge in [0, 0.05) is 11.1 Å². The van der Waals surface area contributed by atoms with Crippen molar-refractivity contribution in [2.24, 2.45) is 11.8 Å². The molecule has 1 fully saturated rings. The van der Waals surface area contributed by atoms with E-state index in [4.69, 9.17) is 11.6 Å². The predicted molar refractivity (Wildman–Crippen MR) is 69.9 cm³/mol. The second-order valence-corrected chi connectivity index (χ2v) is 5.29. The largest absolute Gasteiger partial charge is 0.317 e. The van der Waals surface area contributed by atoms with Crippen LogP contribution in [0, 0.1) is 11.8 Å². The molecule has 1 N–H and O–H groups in total. The van der Waals surface area contributed by atoms with E-state index in [0.717, 1.165) is 23.3 Å². The molecule has 0 aliphatic heterocycles. The van der Waals surface area contributed by atoms with E-state index >= 15 is 0 Å². The molecule has 0 aromatic heterocycles. The lowest BCUT2D eigenvalue weighted by Gasteiger charge is -2.20. The van der Waals surface area contributed by atoms with Crippen molar-refractivity contribution in [1.29, 1.82) is 0 Å². The first kappa shape index (κ1) is 11.9. The van der Waals surface area contributed by atoms with Gasteiger partial charge < -0.3 is 5.32 Å². The van der Waals surface area contributed by atoms with Gasteiger partial charge in [-0.05, 0) is 49.8 Å². The third-order valence-electron chi connectivity index (χ3n) is 4.04. The Hall–Kier alpha value is -0.530. The Bertz CT molecular complexity index is 350. The lowest BCUT2D eigenvalue weighted by Crippen LogP contribution is -2.29. The fraction of sp³-hybridized carbons (Fsp3) is 0.571. The lowest BCUT2D eigenvalue weighted by molar-refractivity contribution is 0.364. The third kappa shape index (κ3) is 2.41. The van der Waals surface area contributed by atoms with Crippen LogP contribution in [0.4, 0.5) is 0 Å². The first-order chi connectivity index (χ1) is 7.72. The summed E-state index contributed by atoms with van der Waals surface area (Å²) < 4.78 is 0. The fourth-order valence-electron chi connectivity index (χ4n) is 2.89. The zero-order chi connectivity index (χ0) is 11.5. The Morgan fingerprint density at radius 3 is 2.69 bits per heavy atom. The van der Waals surface area contributed by atoms with Crippen LogP contribution in [0.3, 0.4) is 0 Å². The van der Waals surface area contributed by atoms with Crippen molar-refractivity contribution in [3.8, 4) is 0 Å². The normalized spacial score (nSPS) is 29.6. The van der Waals surface area contributed by atoms with E-state index in [0.29, 0.717) is 6.04 Å². The number of nitrogens with one attached hydrogen (secondary N) is 1. The Morgan fingerprint density at radius 1 is 1.31 bits per heavy atom. The molecule has 3 unspecified atom stereocenters. The molecule has 88 valence electrons. The zero-order valence-electron chi connectivity index (χ0n) is 10.0. The van der Waals surface area contributed by atoms with Crippen LogP contribution in [0.25, 0.3) is 0 Å². The van der Waals surface area contributed by atoms with E-state index in [-0.39, 0.29) is 0 Å². The highest BCUT2D eigenvalue weighted by molar-refractivity contribution is 6.31. The van der Waals surface area contributed by atoms with Crippen molar-refractivity contribution < 1.29 is 0 Å². The summed E-state index contributed by atoms with van der Waals surface area (Å²) in [6.07, 6.45) is 3.74. The summed E-state index contributed by atoms with van der Waals surface area (Å²) in [4.78, 5) is 0. The van der Waals surface area contributed by atoms with E-state index in [1.807, 2.05) is 12.1 Å². The summed E-state index contributed by atoms with van der Waals surface area (Å²) in [5.74, 6) is 1.53. The van der Waals surface area contributed by atoms with E-state index in [1.165, 1.54) is 18.4 Å². The van der Waals surface area contributed by atoms with Crippen LogP contribution in [-0.4, -0.2) is 13.1 Å². The molecular formula is C14H20ClN. The number of benzene rings is 1. The first-order valence-electron chi connectivity index (χ1n) is 6.13. The molecule has 1 aliphatic rings. The molecule has 0 amide bonds. The van der Waals surface area contributed by atoms with Gasteiger partial charge >= 0.3 is 0 Å². The van der Waals surface area contributed by atoms with Gasteiger partial charge in [-0.25, -0.2) is 0 Å². The molecule has 3 atom stereocenters. The minimum absolute atomic E-state index is 0.687. The summed E-state index contributed by atoms with van der Waals surface area (Å²) in [6.45, 7) is 2.36. The number of hydrogen-bond donors (Lipinski definition) is 1. The van der Waals surface area contributed by atoms with E-state index in [2.05, 4.69) is 31.4 Å². The van der Waals surface area contributed by atoms with E-state index < -0.39 is 0 Å². The standard InChI is InChI=1S/C14H20ClN/c1-10-11(7-8-14(10)16-2)9-12-5-3-4-6-13(12)15/h3-6,10-11,14,16H,7-9H2,1-2H3. The second kappa shape index (κ2) is 5.20. The van der Waals surface area contributed by atoms with Crippen molar-refractivity contribution in [3.05, 3.63) is 34.9 Å². The zero-order valence-corrected chi connectivity index (χ0v) is 10.8. The van der Waals surface area contributed by atoms with Crippen molar-refractivity contribution in [2.45, 2.75) is 32.2 Å². The number of rotatable bonds is 3. The van der Waals surface area contributed by atoms with E-state index in [1.54, 1.807) is 0 Å².